The number of hydrogen-bond donors (Lipinski definition) is 0. The molecular formula is C31H19BrCl3N3O4. The molecule has 210 valence electrons. The highest BCUT2D eigenvalue weighted by Gasteiger charge is 2.18. The lowest BCUT2D eigenvalue weighted by atomic mass is 10.2. The zero-order valence-electron chi connectivity index (χ0n) is 21.8. The molecule has 0 amide bonds. The van der Waals surface area contributed by atoms with Crippen molar-refractivity contribution in [3.63, 3.8) is 0 Å². The van der Waals surface area contributed by atoms with E-state index in [1.807, 2.05) is 36.4 Å². The Kier molecular flexibility index (Phi) is 7.96. The van der Waals surface area contributed by atoms with Gasteiger partial charge in [0.1, 0.15) is 12.2 Å². The maximum Gasteiger partial charge on any atom is 0.282 e. The lowest BCUT2D eigenvalue weighted by Gasteiger charge is -2.14. The van der Waals surface area contributed by atoms with E-state index >= 15 is 0 Å². The number of benzene rings is 4. The van der Waals surface area contributed by atoms with Crippen LogP contribution in [0.5, 0.6) is 11.5 Å². The third-order valence-corrected chi connectivity index (χ3v) is 7.85. The summed E-state index contributed by atoms with van der Waals surface area (Å²) in [4.78, 5) is 18.5. The van der Waals surface area contributed by atoms with Crippen LogP contribution in [-0.4, -0.2) is 23.0 Å². The van der Waals surface area contributed by atoms with Gasteiger partial charge in [-0.2, -0.15) is 9.78 Å². The van der Waals surface area contributed by atoms with Gasteiger partial charge in [-0.25, -0.2) is 4.98 Å². The molecule has 0 spiro atoms. The second-order valence-electron chi connectivity index (χ2n) is 9.17. The minimum absolute atomic E-state index is 0.160. The molecule has 42 heavy (non-hydrogen) atoms. The topological polar surface area (TPSA) is 78.9 Å². The maximum atomic E-state index is 13.7. The van der Waals surface area contributed by atoms with Crippen molar-refractivity contribution in [2.75, 3.05) is 7.11 Å². The summed E-state index contributed by atoms with van der Waals surface area (Å²) in [5.41, 5.74) is 2.04. The zero-order chi connectivity index (χ0) is 29.4. The Balaban J connectivity index is 1.47. The fourth-order valence-corrected chi connectivity index (χ4v) is 5.33. The van der Waals surface area contributed by atoms with E-state index < -0.39 is 0 Å². The largest absolute Gasteiger partial charge is 0.493 e. The quantitative estimate of drug-likeness (QED) is 0.157. The first kappa shape index (κ1) is 28.3. The molecule has 0 fully saturated rings. The summed E-state index contributed by atoms with van der Waals surface area (Å²) < 4.78 is 19.9. The van der Waals surface area contributed by atoms with Gasteiger partial charge < -0.3 is 13.9 Å². The van der Waals surface area contributed by atoms with Crippen molar-refractivity contribution in [2.45, 2.75) is 6.61 Å². The highest BCUT2D eigenvalue weighted by atomic mass is 79.9. The molecule has 6 aromatic rings. The lowest BCUT2D eigenvalue weighted by Crippen LogP contribution is -2.20. The number of rotatable bonds is 7. The number of ether oxygens (including phenoxy) is 2. The van der Waals surface area contributed by atoms with Crippen LogP contribution in [0.15, 0.2) is 97.6 Å². The summed E-state index contributed by atoms with van der Waals surface area (Å²) in [6.07, 6.45) is 1.47. The molecule has 0 aliphatic carbocycles. The second kappa shape index (κ2) is 11.8. The van der Waals surface area contributed by atoms with E-state index in [-0.39, 0.29) is 18.0 Å². The van der Waals surface area contributed by atoms with Crippen LogP contribution in [0, 0.1) is 0 Å². The predicted molar refractivity (Wildman–Crippen MR) is 171 cm³/mol. The number of aromatic nitrogens is 2. The highest BCUT2D eigenvalue weighted by molar-refractivity contribution is 9.10. The van der Waals surface area contributed by atoms with Crippen molar-refractivity contribution >= 4 is 78.8 Å². The van der Waals surface area contributed by atoms with E-state index in [1.165, 1.54) is 18.0 Å². The molecule has 0 saturated carbocycles. The fraction of sp³-hybridized carbons (Fsp3) is 0.0645. The van der Waals surface area contributed by atoms with Gasteiger partial charge >= 0.3 is 0 Å². The lowest BCUT2D eigenvalue weighted by molar-refractivity contribution is 0.284. The van der Waals surface area contributed by atoms with Crippen molar-refractivity contribution < 1.29 is 13.9 Å². The zero-order valence-corrected chi connectivity index (χ0v) is 25.6. The molecule has 0 bridgehead atoms. The number of furan rings is 1. The molecule has 6 rings (SSSR count). The average molecular weight is 684 g/mol. The monoisotopic (exact) mass is 681 g/mol. The number of halogens is 4. The number of nitrogens with zero attached hydrogens (tertiary/aromatic N) is 3. The molecule has 0 aliphatic heterocycles. The third-order valence-electron chi connectivity index (χ3n) is 6.40. The Morgan fingerprint density at radius 3 is 2.64 bits per heavy atom. The SMILES string of the molecule is COc1cc(Cl)cc(C=Nn2c(-c3cc4cc(Br)ccc4o3)nc3ccccc3c2=O)c1OCc1ccc(Cl)c(Cl)c1. The molecule has 0 radical (unpaired) electrons. The maximum absolute atomic E-state index is 13.7. The van der Waals surface area contributed by atoms with Gasteiger partial charge in [-0.05, 0) is 60.2 Å². The van der Waals surface area contributed by atoms with Crippen LogP contribution in [0.2, 0.25) is 15.1 Å². The smallest absolute Gasteiger partial charge is 0.282 e. The molecule has 0 N–H and O–H groups in total. The molecule has 0 saturated heterocycles. The summed E-state index contributed by atoms with van der Waals surface area (Å²) in [7, 11) is 1.51. The summed E-state index contributed by atoms with van der Waals surface area (Å²) in [5.74, 6) is 1.36. The first-order valence-corrected chi connectivity index (χ1v) is 14.4. The van der Waals surface area contributed by atoms with Crippen molar-refractivity contribution in [2.24, 2.45) is 5.10 Å². The first-order chi connectivity index (χ1) is 20.3. The summed E-state index contributed by atoms with van der Waals surface area (Å²) in [6, 6.07) is 23.0. The minimum atomic E-state index is -0.374. The van der Waals surface area contributed by atoms with Crippen LogP contribution >= 0.6 is 50.7 Å². The minimum Gasteiger partial charge on any atom is -0.493 e. The van der Waals surface area contributed by atoms with Crippen LogP contribution in [-0.2, 0) is 6.61 Å². The van der Waals surface area contributed by atoms with Gasteiger partial charge in [0.2, 0.25) is 5.82 Å². The number of fused-ring (bicyclic) bond motifs is 2. The molecular weight excluding hydrogens is 665 g/mol. The van der Waals surface area contributed by atoms with E-state index in [4.69, 9.17) is 53.7 Å². The van der Waals surface area contributed by atoms with Gasteiger partial charge in [0.15, 0.2) is 17.3 Å². The number of hydrogen-bond acceptors (Lipinski definition) is 6. The van der Waals surface area contributed by atoms with Crippen LogP contribution < -0.4 is 15.0 Å². The Hall–Kier alpha value is -3.82. The molecule has 4 aromatic carbocycles. The summed E-state index contributed by atoms with van der Waals surface area (Å²) in [6.45, 7) is 0.160. The number of methoxy groups -OCH3 is 1. The van der Waals surface area contributed by atoms with E-state index in [2.05, 4.69) is 21.0 Å². The second-order valence-corrected chi connectivity index (χ2v) is 11.3. The van der Waals surface area contributed by atoms with Crippen LogP contribution in [0.25, 0.3) is 33.5 Å². The Morgan fingerprint density at radius 1 is 1.00 bits per heavy atom. The van der Waals surface area contributed by atoms with Crippen molar-refractivity contribution in [3.05, 3.63) is 120 Å². The van der Waals surface area contributed by atoms with Gasteiger partial charge in [-0.3, -0.25) is 4.79 Å². The van der Waals surface area contributed by atoms with Crippen molar-refractivity contribution in [1.82, 2.24) is 9.66 Å². The van der Waals surface area contributed by atoms with Gasteiger partial charge in [0.05, 0.1) is 34.3 Å². The Labute approximate surface area is 263 Å². The van der Waals surface area contributed by atoms with Crippen molar-refractivity contribution in [3.8, 4) is 23.1 Å². The van der Waals surface area contributed by atoms with E-state index in [0.717, 1.165) is 15.4 Å². The normalized spacial score (nSPS) is 11.5. The van der Waals surface area contributed by atoms with E-state index in [1.54, 1.807) is 42.5 Å². The molecule has 2 heterocycles. The Bertz CT molecular complexity index is 2070. The van der Waals surface area contributed by atoms with Gasteiger partial charge in [-0.15, -0.1) is 0 Å². The molecule has 0 unspecified atom stereocenters. The molecule has 7 nitrogen and oxygen atoms in total. The molecule has 0 atom stereocenters. The predicted octanol–water partition coefficient (Wildman–Crippen LogP) is 9.00. The van der Waals surface area contributed by atoms with Crippen LogP contribution in [0.3, 0.4) is 0 Å². The molecule has 0 aliphatic rings. The first-order valence-electron chi connectivity index (χ1n) is 12.5. The summed E-state index contributed by atoms with van der Waals surface area (Å²) >= 11 is 22.1. The number of para-hydroxylation sites is 1. The van der Waals surface area contributed by atoms with Gasteiger partial charge in [-0.1, -0.05) is 68.9 Å². The van der Waals surface area contributed by atoms with Gasteiger partial charge in [0, 0.05) is 26.5 Å². The Morgan fingerprint density at radius 2 is 1.83 bits per heavy atom. The highest BCUT2D eigenvalue weighted by Crippen LogP contribution is 2.35. The van der Waals surface area contributed by atoms with Crippen LogP contribution in [0.1, 0.15) is 11.1 Å². The third kappa shape index (κ3) is 5.63. The average Bonchev–Trinajstić information content (AvgIpc) is 3.40. The van der Waals surface area contributed by atoms with E-state index in [9.17, 15) is 4.79 Å². The standard InChI is InChI=1S/C31H19BrCl3N3O4/c1-40-27-14-21(33)12-19(29(27)41-16-17-6-8-23(34)24(35)10-17)15-36-38-30(37-25-5-3-2-4-22(25)31(38)39)28-13-18-11-20(32)7-9-26(18)42-28/h2-15H,16H2,1H3. The molecule has 2 aromatic heterocycles. The van der Waals surface area contributed by atoms with Crippen molar-refractivity contribution in [1.29, 1.82) is 0 Å². The molecule has 11 heteroatoms. The summed E-state index contributed by atoms with van der Waals surface area (Å²) in [5, 5.41) is 7.05. The van der Waals surface area contributed by atoms with Gasteiger partial charge in [0.25, 0.3) is 5.56 Å². The fourth-order valence-electron chi connectivity index (χ4n) is 4.41. The van der Waals surface area contributed by atoms with E-state index in [0.29, 0.717) is 54.4 Å². The van der Waals surface area contributed by atoms with Crippen LogP contribution in [0.4, 0.5) is 0 Å².